The second kappa shape index (κ2) is 7.70. The molecule has 0 N–H and O–H groups in total. The highest BCUT2D eigenvalue weighted by Gasteiger charge is 2.38. The van der Waals surface area contributed by atoms with Crippen molar-refractivity contribution in [2.75, 3.05) is 20.2 Å². The summed E-state index contributed by atoms with van der Waals surface area (Å²) in [5.41, 5.74) is 1.59. The molecule has 0 radical (unpaired) electrons. The van der Waals surface area contributed by atoms with Crippen LogP contribution >= 0.6 is 0 Å². The molecular formula is C19H25NO5. The quantitative estimate of drug-likeness (QED) is 0.448. The van der Waals surface area contributed by atoms with E-state index >= 15 is 0 Å². The minimum atomic E-state index is -1.24. The van der Waals surface area contributed by atoms with Gasteiger partial charge >= 0.3 is 11.9 Å². The standard InChI is InChI=1S/C19H25NO5/c1-6-20(7-2)12-14-10-13(8-9-16(14)23-5)11-15-17(21)24-19(3,4)25-18(15)22/h8-11H,6-7,12H2,1-5H3. The van der Waals surface area contributed by atoms with Crippen LogP contribution in [0, 0.1) is 0 Å². The molecule has 1 saturated heterocycles. The van der Waals surface area contributed by atoms with Gasteiger partial charge in [-0.1, -0.05) is 19.9 Å². The normalized spacial score (nSPS) is 16.5. The molecule has 0 aliphatic carbocycles. The molecule has 1 aromatic rings. The zero-order valence-corrected chi connectivity index (χ0v) is 15.4. The molecule has 0 saturated carbocycles. The number of cyclic esters (lactones) is 2. The molecule has 136 valence electrons. The minimum absolute atomic E-state index is 0.113. The van der Waals surface area contributed by atoms with Gasteiger partial charge in [-0.3, -0.25) is 4.90 Å². The SMILES string of the molecule is CCN(CC)Cc1cc(C=C2C(=O)OC(C)(C)OC2=O)ccc1OC. The Labute approximate surface area is 148 Å². The third kappa shape index (κ3) is 4.60. The highest BCUT2D eigenvalue weighted by atomic mass is 16.7. The smallest absolute Gasteiger partial charge is 0.348 e. The maximum Gasteiger partial charge on any atom is 0.348 e. The van der Waals surface area contributed by atoms with E-state index in [0.717, 1.165) is 30.9 Å². The number of benzene rings is 1. The third-order valence-electron chi connectivity index (χ3n) is 4.02. The summed E-state index contributed by atoms with van der Waals surface area (Å²) in [5, 5.41) is 0. The Morgan fingerprint density at radius 2 is 1.72 bits per heavy atom. The lowest BCUT2D eigenvalue weighted by Gasteiger charge is -2.29. The summed E-state index contributed by atoms with van der Waals surface area (Å²) in [4.78, 5) is 26.4. The maximum absolute atomic E-state index is 12.1. The van der Waals surface area contributed by atoms with Gasteiger partial charge in [-0.05, 0) is 36.9 Å². The van der Waals surface area contributed by atoms with Crippen LogP contribution in [0.3, 0.4) is 0 Å². The van der Waals surface area contributed by atoms with Gasteiger partial charge in [0.15, 0.2) is 0 Å². The molecule has 6 nitrogen and oxygen atoms in total. The number of carbonyl (C=O) groups is 2. The van der Waals surface area contributed by atoms with Crippen molar-refractivity contribution in [1.82, 2.24) is 4.90 Å². The average molecular weight is 347 g/mol. The van der Waals surface area contributed by atoms with Crippen LogP contribution in [0.15, 0.2) is 23.8 Å². The lowest BCUT2D eigenvalue weighted by molar-refractivity contribution is -0.222. The molecule has 0 amide bonds. The van der Waals surface area contributed by atoms with E-state index in [1.807, 2.05) is 12.1 Å². The Morgan fingerprint density at radius 1 is 1.12 bits per heavy atom. The van der Waals surface area contributed by atoms with Gasteiger partial charge in [0.1, 0.15) is 11.3 Å². The van der Waals surface area contributed by atoms with Crippen LogP contribution in [0.4, 0.5) is 0 Å². The van der Waals surface area contributed by atoms with Gasteiger partial charge in [0.05, 0.1) is 7.11 Å². The van der Waals surface area contributed by atoms with Gasteiger partial charge in [0.25, 0.3) is 5.79 Å². The largest absolute Gasteiger partial charge is 0.496 e. The number of esters is 2. The number of methoxy groups -OCH3 is 1. The fourth-order valence-electron chi connectivity index (χ4n) is 2.65. The first-order valence-electron chi connectivity index (χ1n) is 8.37. The molecule has 0 aromatic heterocycles. The Balaban J connectivity index is 2.33. The van der Waals surface area contributed by atoms with E-state index in [0.29, 0.717) is 5.56 Å². The lowest BCUT2D eigenvalue weighted by atomic mass is 10.1. The molecular weight excluding hydrogens is 322 g/mol. The molecule has 0 bridgehead atoms. The Bertz CT molecular complexity index is 667. The Morgan fingerprint density at radius 3 is 2.24 bits per heavy atom. The van der Waals surface area contributed by atoms with E-state index in [2.05, 4.69) is 18.7 Å². The highest BCUT2D eigenvalue weighted by molar-refractivity contribution is 6.18. The van der Waals surface area contributed by atoms with Crippen molar-refractivity contribution in [2.45, 2.75) is 40.0 Å². The van der Waals surface area contributed by atoms with Crippen molar-refractivity contribution in [2.24, 2.45) is 0 Å². The fourth-order valence-corrected chi connectivity index (χ4v) is 2.65. The first kappa shape index (κ1) is 19.0. The molecule has 1 heterocycles. The van der Waals surface area contributed by atoms with Crippen LogP contribution in [0.5, 0.6) is 5.75 Å². The number of hydrogen-bond donors (Lipinski definition) is 0. The van der Waals surface area contributed by atoms with Crippen molar-refractivity contribution >= 4 is 18.0 Å². The summed E-state index contributed by atoms with van der Waals surface area (Å²) in [7, 11) is 1.62. The molecule has 0 atom stereocenters. The van der Waals surface area contributed by atoms with Crippen molar-refractivity contribution in [1.29, 1.82) is 0 Å². The topological polar surface area (TPSA) is 65.1 Å². The van der Waals surface area contributed by atoms with E-state index in [9.17, 15) is 9.59 Å². The number of hydrogen-bond acceptors (Lipinski definition) is 6. The fraction of sp³-hybridized carbons (Fsp3) is 0.474. The average Bonchev–Trinajstić information content (AvgIpc) is 2.55. The van der Waals surface area contributed by atoms with Gasteiger partial charge in [-0.2, -0.15) is 0 Å². The third-order valence-corrected chi connectivity index (χ3v) is 4.02. The predicted octanol–water partition coefficient (Wildman–Crippen LogP) is 2.76. The number of ether oxygens (including phenoxy) is 3. The lowest BCUT2D eigenvalue weighted by Crippen LogP contribution is -2.41. The number of carbonyl (C=O) groups excluding carboxylic acids is 2. The van der Waals surface area contributed by atoms with Crippen molar-refractivity contribution in [3.8, 4) is 5.75 Å². The molecule has 6 heteroatoms. The first-order chi connectivity index (χ1) is 11.8. The van der Waals surface area contributed by atoms with E-state index in [1.165, 1.54) is 19.9 Å². The summed E-state index contributed by atoms with van der Waals surface area (Å²) in [5.74, 6) is -1.83. The molecule has 1 fully saturated rings. The van der Waals surface area contributed by atoms with E-state index in [-0.39, 0.29) is 5.57 Å². The Hall–Kier alpha value is -2.34. The number of nitrogens with zero attached hydrogens (tertiary/aromatic N) is 1. The molecule has 1 aromatic carbocycles. The van der Waals surface area contributed by atoms with Crippen LogP contribution in [-0.4, -0.2) is 42.8 Å². The molecule has 1 aliphatic rings. The summed E-state index contributed by atoms with van der Waals surface area (Å²) >= 11 is 0. The second-order valence-corrected chi connectivity index (χ2v) is 6.27. The number of rotatable bonds is 6. The molecule has 0 unspecified atom stereocenters. The van der Waals surface area contributed by atoms with Gasteiger partial charge < -0.3 is 14.2 Å². The van der Waals surface area contributed by atoms with E-state index < -0.39 is 17.7 Å². The van der Waals surface area contributed by atoms with Crippen LogP contribution in [0.2, 0.25) is 0 Å². The van der Waals surface area contributed by atoms with Gasteiger partial charge in [-0.25, -0.2) is 9.59 Å². The van der Waals surface area contributed by atoms with Gasteiger partial charge in [-0.15, -0.1) is 0 Å². The minimum Gasteiger partial charge on any atom is -0.496 e. The summed E-state index contributed by atoms with van der Waals surface area (Å²) in [6.07, 6.45) is 1.49. The van der Waals surface area contributed by atoms with Crippen LogP contribution in [-0.2, 0) is 25.6 Å². The predicted molar refractivity (Wildman–Crippen MR) is 93.9 cm³/mol. The summed E-state index contributed by atoms with van der Waals surface area (Å²) in [6.45, 7) is 9.78. The highest BCUT2D eigenvalue weighted by Crippen LogP contribution is 2.26. The molecule has 2 rings (SSSR count). The molecule has 25 heavy (non-hydrogen) atoms. The van der Waals surface area contributed by atoms with Crippen molar-refractivity contribution < 1.29 is 23.8 Å². The van der Waals surface area contributed by atoms with Crippen molar-refractivity contribution in [3.63, 3.8) is 0 Å². The molecule has 1 aliphatic heterocycles. The summed E-state index contributed by atoms with van der Waals surface area (Å²) in [6, 6.07) is 5.52. The van der Waals surface area contributed by atoms with Crippen molar-refractivity contribution in [3.05, 3.63) is 34.9 Å². The van der Waals surface area contributed by atoms with E-state index in [4.69, 9.17) is 14.2 Å². The van der Waals surface area contributed by atoms with Crippen LogP contribution in [0.25, 0.3) is 6.08 Å². The van der Waals surface area contributed by atoms with Crippen LogP contribution < -0.4 is 4.74 Å². The summed E-state index contributed by atoms with van der Waals surface area (Å²) < 4.78 is 15.7. The second-order valence-electron chi connectivity index (χ2n) is 6.27. The zero-order chi connectivity index (χ0) is 18.6. The molecule has 0 spiro atoms. The Kier molecular flexibility index (Phi) is 5.85. The van der Waals surface area contributed by atoms with Crippen LogP contribution in [0.1, 0.15) is 38.8 Å². The maximum atomic E-state index is 12.1. The van der Waals surface area contributed by atoms with E-state index in [1.54, 1.807) is 13.2 Å². The first-order valence-corrected chi connectivity index (χ1v) is 8.37. The van der Waals surface area contributed by atoms with Gasteiger partial charge in [0.2, 0.25) is 0 Å². The monoisotopic (exact) mass is 347 g/mol. The zero-order valence-electron chi connectivity index (χ0n) is 15.4. The van der Waals surface area contributed by atoms with Gasteiger partial charge in [0, 0.05) is 26.0 Å².